The fraction of sp³-hybridized carbons (Fsp3) is 0.579. The van der Waals surface area contributed by atoms with Crippen LogP contribution in [0.25, 0.3) is 0 Å². The molecule has 6 heteroatoms. The molecule has 3 aliphatic carbocycles. The summed E-state index contributed by atoms with van der Waals surface area (Å²) in [4.78, 5) is 25.1. The van der Waals surface area contributed by atoms with Crippen molar-refractivity contribution < 1.29 is 14.3 Å². The summed E-state index contributed by atoms with van der Waals surface area (Å²) in [5, 5.41) is 9.81. The van der Waals surface area contributed by atoms with Crippen LogP contribution in [0.4, 0.5) is 5.69 Å². The Morgan fingerprint density at radius 1 is 1.32 bits per heavy atom. The molecular formula is C19H25N3O3. The van der Waals surface area contributed by atoms with Gasteiger partial charge in [-0.15, -0.1) is 0 Å². The normalized spacial score (nSPS) is 32.7. The number of anilines is 1. The molecule has 0 aromatic heterocycles. The van der Waals surface area contributed by atoms with E-state index >= 15 is 0 Å². The summed E-state index contributed by atoms with van der Waals surface area (Å²) in [6.07, 6.45) is 3.72. The molecule has 0 saturated heterocycles. The van der Waals surface area contributed by atoms with Crippen LogP contribution in [0.2, 0.25) is 0 Å². The quantitative estimate of drug-likeness (QED) is 0.728. The Balaban J connectivity index is 1.51. The largest absolute Gasteiger partial charge is 0.383 e. The third-order valence-electron chi connectivity index (χ3n) is 6.08. The molecule has 1 aromatic rings. The Bertz CT molecular complexity index is 692. The number of amides is 2. The van der Waals surface area contributed by atoms with Gasteiger partial charge in [-0.1, -0.05) is 12.1 Å². The highest BCUT2D eigenvalue weighted by atomic mass is 16.5. The molecule has 1 aromatic carbocycles. The number of fused-ring (bicyclic) bond motifs is 3. The van der Waals surface area contributed by atoms with Crippen LogP contribution in [-0.4, -0.2) is 37.7 Å². The molecule has 3 saturated carbocycles. The van der Waals surface area contributed by atoms with E-state index in [2.05, 4.69) is 16.0 Å². The SMILES string of the molecule is COCCNC(=O)[C@@H]1C[C@H]2CC[C@H]1C[C@@]21NC(=O)c2ccccc2N1. The fourth-order valence-corrected chi connectivity index (χ4v) is 4.87. The summed E-state index contributed by atoms with van der Waals surface area (Å²) in [6, 6.07) is 7.64. The van der Waals surface area contributed by atoms with Crippen molar-refractivity contribution >= 4 is 17.5 Å². The Morgan fingerprint density at radius 2 is 2.16 bits per heavy atom. The minimum atomic E-state index is -0.405. The maximum Gasteiger partial charge on any atom is 0.255 e. The predicted octanol–water partition coefficient (Wildman–Crippen LogP) is 1.74. The fourth-order valence-electron chi connectivity index (χ4n) is 4.87. The van der Waals surface area contributed by atoms with Gasteiger partial charge in [-0.2, -0.15) is 0 Å². The van der Waals surface area contributed by atoms with Gasteiger partial charge in [-0.25, -0.2) is 0 Å². The Hall–Kier alpha value is -2.08. The first-order chi connectivity index (χ1) is 12.1. The molecule has 0 unspecified atom stereocenters. The standard InChI is InChI=1S/C19H25N3O3/c1-25-9-8-20-17(23)15-10-13-7-6-12(15)11-19(13)21-16-5-3-2-4-14(16)18(24)22-19/h2-5,12-13,15,21H,6-11H2,1H3,(H,20,23)(H,22,24)/t12-,13+,15+,19+/m0/s1. The van der Waals surface area contributed by atoms with E-state index in [1.54, 1.807) is 7.11 Å². The third-order valence-corrected chi connectivity index (χ3v) is 6.08. The number of hydrogen-bond donors (Lipinski definition) is 3. The summed E-state index contributed by atoms with van der Waals surface area (Å²) in [5.41, 5.74) is 1.20. The predicted molar refractivity (Wildman–Crippen MR) is 94.1 cm³/mol. The third kappa shape index (κ3) is 2.78. The molecular weight excluding hydrogens is 318 g/mol. The molecule has 4 aliphatic rings. The van der Waals surface area contributed by atoms with E-state index < -0.39 is 5.66 Å². The lowest BCUT2D eigenvalue weighted by molar-refractivity contribution is -0.132. The van der Waals surface area contributed by atoms with Crippen LogP contribution < -0.4 is 16.0 Å². The number of methoxy groups -OCH3 is 1. The number of nitrogens with one attached hydrogen (secondary N) is 3. The van der Waals surface area contributed by atoms with Gasteiger partial charge in [0.1, 0.15) is 5.66 Å². The van der Waals surface area contributed by atoms with Gasteiger partial charge in [0.2, 0.25) is 5.91 Å². The lowest BCUT2D eigenvalue weighted by Crippen LogP contribution is -2.68. The average Bonchev–Trinajstić information content (AvgIpc) is 2.62. The van der Waals surface area contributed by atoms with Gasteiger partial charge in [0, 0.05) is 31.2 Å². The van der Waals surface area contributed by atoms with E-state index in [0.717, 1.165) is 31.4 Å². The second-order valence-corrected chi connectivity index (χ2v) is 7.46. The Morgan fingerprint density at radius 3 is 2.92 bits per heavy atom. The molecule has 0 radical (unpaired) electrons. The van der Waals surface area contributed by atoms with Gasteiger partial charge < -0.3 is 20.7 Å². The van der Waals surface area contributed by atoms with Gasteiger partial charge in [0.05, 0.1) is 12.2 Å². The number of para-hydroxylation sites is 1. The highest BCUT2D eigenvalue weighted by Gasteiger charge is 2.55. The minimum absolute atomic E-state index is 0.0111. The first kappa shape index (κ1) is 16.4. The van der Waals surface area contributed by atoms with Crippen LogP contribution in [0.3, 0.4) is 0 Å². The Labute approximate surface area is 147 Å². The van der Waals surface area contributed by atoms with Crippen LogP contribution >= 0.6 is 0 Å². The molecule has 5 rings (SSSR count). The van der Waals surface area contributed by atoms with Gasteiger partial charge >= 0.3 is 0 Å². The van der Waals surface area contributed by atoms with Gasteiger partial charge in [-0.05, 0) is 43.7 Å². The van der Waals surface area contributed by atoms with Gasteiger partial charge in [-0.3, -0.25) is 9.59 Å². The molecule has 2 amide bonds. The number of carbonyl (C=O) groups excluding carboxylic acids is 2. The van der Waals surface area contributed by atoms with Crippen molar-refractivity contribution in [3.63, 3.8) is 0 Å². The zero-order chi connectivity index (χ0) is 17.4. The van der Waals surface area contributed by atoms with Crippen molar-refractivity contribution in [1.29, 1.82) is 0 Å². The van der Waals surface area contributed by atoms with Crippen LogP contribution in [0, 0.1) is 17.8 Å². The summed E-state index contributed by atoms with van der Waals surface area (Å²) in [5.74, 6) is 0.725. The van der Waals surface area contributed by atoms with E-state index in [9.17, 15) is 9.59 Å². The Kier molecular flexibility index (Phi) is 4.15. The van der Waals surface area contributed by atoms with E-state index in [1.165, 1.54) is 0 Å². The second kappa shape index (κ2) is 6.33. The lowest BCUT2D eigenvalue weighted by Gasteiger charge is -2.56. The van der Waals surface area contributed by atoms with Crippen molar-refractivity contribution in [2.45, 2.75) is 31.3 Å². The van der Waals surface area contributed by atoms with E-state index in [1.807, 2.05) is 24.3 Å². The van der Waals surface area contributed by atoms with Gasteiger partial charge in [0.25, 0.3) is 5.91 Å². The number of benzene rings is 1. The second-order valence-electron chi connectivity index (χ2n) is 7.46. The van der Waals surface area contributed by atoms with Crippen molar-refractivity contribution in [2.75, 3.05) is 25.6 Å². The van der Waals surface area contributed by atoms with Crippen molar-refractivity contribution in [2.24, 2.45) is 17.8 Å². The van der Waals surface area contributed by atoms with E-state index in [4.69, 9.17) is 4.74 Å². The molecule has 2 bridgehead atoms. The molecule has 1 heterocycles. The lowest BCUT2D eigenvalue weighted by atomic mass is 9.58. The smallest absolute Gasteiger partial charge is 0.255 e. The van der Waals surface area contributed by atoms with Crippen LogP contribution in [0.15, 0.2) is 24.3 Å². The van der Waals surface area contributed by atoms with Crippen molar-refractivity contribution in [1.82, 2.24) is 10.6 Å². The maximum atomic E-state index is 12.6. The van der Waals surface area contributed by atoms with E-state index in [-0.39, 0.29) is 23.7 Å². The van der Waals surface area contributed by atoms with Crippen LogP contribution in [0.1, 0.15) is 36.0 Å². The highest BCUT2D eigenvalue weighted by molar-refractivity contribution is 6.02. The first-order valence-electron chi connectivity index (χ1n) is 9.09. The monoisotopic (exact) mass is 343 g/mol. The number of ether oxygens (including phenoxy) is 1. The molecule has 3 N–H and O–H groups in total. The average molecular weight is 343 g/mol. The molecule has 1 spiro atoms. The number of hydrogen-bond acceptors (Lipinski definition) is 4. The first-order valence-corrected chi connectivity index (χ1v) is 9.09. The zero-order valence-electron chi connectivity index (χ0n) is 14.5. The number of carbonyl (C=O) groups is 2. The molecule has 134 valence electrons. The van der Waals surface area contributed by atoms with E-state index in [0.29, 0.717) is 24.6 Å². The topological polar surface area (TPSA) is 79.5 Å². The summed E-state index contributed by atoms with van der Waals surface area (Å²) >= 11 is 0. The molecule has 6 nitrogen and oxygen atoms in total. The van der Waals surface area contributed by atoms with Crippen molar-refractivity contribution in [3.8, 4) is 0 Å². The van der Waals surface area contributed by atoms with Gasteiger partial charge in [0.15, 0.2) is 0 Å². The van der Waals surface area contributed by atoms with Crippen LogP contribution in [-0.2, 0) is 9.53 Å². The highest BCUT2D eigenvalue weighted by Crippen LogP contribution is 2.51. The molecule has 25 heavy (non-hydrogen) atoms. The summed E-state index contributed by atoms with van der Waals surface area (Å²) in [7, 11) is 1.63. The molecule has 1 aliphatic heterocycles. The molecule has 3 fully saturated rings. The maximum absolute atomic E-state index is 12.6. The number of rotatable bonds is 4. The summed E-state index contributed by atoms with van der Waals surface area (Å²) < 4.78 is 5.00. The van der Waals surface area contributed by atoms with Crippen molar-refractivity contribution in [3.05, 3.63) is 29.8 Å². The summed E-state index contributed by atoms with van der Waals surface area (Å²) in [6.45, 7) is 1.08. The minimum Gasteiger partial charge on any atom is -0.383 e. The molecule has 4 atom stereocenters. The zero-order valence-corrected chi connectivity index (χ0v) is 14.5. The van der Waals surface area contributed by atoms with Crippen LogP contribution in [0.5, 0.6) is 0 Å².